The molecule has 2 nitrogen and oxygen atoms in total. The Kier molecular flexibility index (Phi) is 4.05. The van der Waals surface area contributed by atoms with Crippen LogP contribution in [0.3, 0.4) is 0 Å². The third-order valence-corrected chi connectivity index (χ3v) is 2.05. The van der Waals surface area contributed by atoms with E-state index in [0.29, 0.717) is 11.1 Å². The van der Waals surface area contributed by atoms with Crippen LogP contribution in [0, 0.1) is 6.92 Å². The number of hydrogen-bond donors (Lipinski definition) is 0. The van der Waals surface area contributed by atoms with E-state index in [1.807, 2.05) is 0 Å². The van der Waals surface area contributed by atoms with Crippen LogP contribution >= 0.6 is 0 Å². The summed E-state index contributed by atoms with van der Waals surface area (Å²) in [4.78, 5) is 0. The molecular formula is C8H6BF3KNO. The fraction of sp³-hybridized carbons (Fsp3) is 0.125. The normalized spacial score (nSPS) is 11.5. The molecule has 0 atom stereocenters. The van der Waals surface area contributed by atoms with Gasteiger partial charge in [0, 0.05) is 5.39 Å². The van der Waals surface area contributed by atoms with Crippen molar-refractivity contribution in [2.75, 3.05) is 0 Å². The predicted octanol–water partition coefficient (Wildman–Crippen LogP) is -0.805. The Hall–Kier alpha value is 0.181. The molecule has 0 N–H and O–H groups in total. The number of hydrogen-bond acceptors (Lipinski definition) is 2. The van der Waals surface area contributed by atoms with Gasteiger partial charge < -0.3 is 17.5 Å². The minimum atomic E-state index is -4.96. The van der Waals surface area contributed by atoms with Gasteiger partial charge in [-0.2, -0.15) is 0 Å². The number of halogens is 3. The van der Waals surface area contributed by atoms with Crippen LogP contribution < -0.4 is 56.8 Å². The Bertz CT molecular complexity index is 482. The van der Waals surface area contributed by atoms with Crippen molar-refractivity contribution >= 4 is 23.4 Å². The first-order valence-electron chi connectivity index (χ1n) is 4.04. The van der Waals surface area contributed by atoms with Gasteiger partial charge in [-0.3, -0.25) is 0 Å². The van der Waals surface area contributed by atoms with Crippen LogP contribution in [0.4, 0.5) is 12.9 Å². The summed E-state index contributed by atoms with van der Waals surface area (Å²) in [5.74, 6) is 0. The molecule has 2 rings (SSSR count). The first kappa shape index (κ1) is 13.2. The van der Waals surface area contributed by atoms with E-state index in [9.17, 15) is 12.9 Å². The van der Waals surface area contributed by atoms with Crippen LogP contribution in [-0.2, 0) is 0 Å². The first-order chi connectivity index (χ1) is 6.48. The van der Waals surface area contributed by atoms with E-state index in [1.165, 1.54) is 6.07 Å². The maximum Gasteiger partial charge on any atom is 1.00 e. The molecule has 0 spiro atoms. The predicted molar refractivity (Wildman–Crippen MR) is 47.5 cm³/mol. The molecule has 0 amide bonds. The van der Waals surface area contributed by atoms with E-state index in [-0.39, 0.29) is 57.0 Å². The van der Waals surface area contributed by atoms with Crippen molar-refractivity contribution < 1.29 is 68.9 Å². The molecule has 0 saturated carbocycles. The summed E-state index contributed by atoms with van der Waals surface area (Å²) in [6.07, 6.45) is 0. The van der Waals surface area contributed by atoms with E-state index in [1.54, 1.807) is 6.92 Å². The molecule has 2 aromatic rings. The SMILES string of the molecule is Cc1noc2cc([B-](F)(F)F)ccc12.[K+]. The monoisotopic (exact) mass is 239 g/mol. The fourth-order valence-electron chi connectivity index (χ4n) is 1.28. The van der Waals surface area contributed by atoms with Gasteiger partial charge in [-0.1, -0.05) is 17.3 Å². The van der Waals surface area contributed by atoms with Gasteiger partial charge in [0.25, 0.3) is 0 Å². The molecule has 0 radical (unpaired) electrons. The number of benzene rings is 1. The molecule has 7 heteroatoms. The minimum Gasteiger partial charge on any atom is -0.445 e. The number of aryl methyl sites for hydroxylation is 1. The summed E-state index contributed by atoms with van der Waals surface area (Å²) < 4.78 is 41.7. The smallest absolute Gasteiger partial charge is 0.445 e. The Labute approximate surface area is 127 Å². The molecule has 0 aliphatic carbocycles. The second kappa shape index (κ2) is 4.59. The van der Waals surface area contributed by atoms with E-state index < -0.39 is 12.4 Å². The second-order valence-electron chi connectivity index (χ2n) is 3.10. The molecule has 0 fully saturated rings. The van der Waals surface area contributed by atoms with E-state index in [2.05, 4.69) is 5.16 Å². The zero-order chi connectivity index (χ0) is 10.3. The first-order valence-corrected chi connectivity index (χ1v) is 4.04. The molecule has 0 aliphatic rings. The average Bonchev–Trinajstić information content (AvgIpc) is 2.46. The quantitative estimate of drug-likeness (QED) is 0.608. The van der Waals surface area contributed by atoms with Crippen LogP contribution in [0.25, 0.3) is 11.0 Å². The molecular weight excluding hydrogens is 233 g/mol. The van der Waals surface area contributed by atoms with E-state index in [4.69, 9.17) is 4.52 Å². The molecule has 15 heavy (non-hydrogen) atoms. The van der Waals surface area contributed by atoms with Crippen molar-refractivity contribution in [3.05, 3.63) is 23.9 Å². The number of fused-ring (bicyclic) bond motifs is 1. The van der Waals surface area contributed by atoms with Gasteiger partial charge >= 0.3 is 58.4 Å². The van der Waals surface area contributed by atoms with Crippen molar-refractivity contribution in [2.45, 2.75) is 6.92 Å². The van der Waals surface area contributed by atoms with Crippen molar-refractivity contribution in [3.63, 3.8) is 0 Å². The number of rotatable bonds is 1. The van der Waals surface area contributed by atoms with Crippen LogP contribution in [0.5, 0.6) is 0 Å². The molecule has 0 bridgehead atoms. The van der Waals surface area contributed by atoms with Crippen LogP contribution in [-0.4, -0.2) is 12.1 Å². The van der Waals surface area contributed by atoms with Gasteiger partial charge in [-0.15, -0.1) is 5.46 Å². The van der Waals surface area contributed by atoms with Crippen LogP contribution in [0.2, 0.25) is 0 Å². The molecule has 1 heterocycles. The molecule has 1 aromatic heterocycles. The van der Waals surface area contributed by atoms with Gasteiger partial charge in [0.15, 0.2) is 5.58 Å². The summed E-state index contributed by atoms with van der Waals surface area (Å²) in [6, 6.07) is 3.41. The van der Waals surface area contributed by atoms with E-state index >= 15 is 0 Å². The summed E-state index contributed by atoms with van der Waals surface area (Å²) >= 11 is 0. The summed E-state index contributed by atoms with van der Waals surface area (Å²) in [5.41, 5.74) is 0.120. The third kappa shape index (κ3) is 2.65. The van der Waals surface area contributed by atoms with Gasteiger partial charge in [0.2, 0.25) is 0 Å². The molecule has 0 aliphatic heterocycles. The van der Waals surface area contributed by atoms with Gasteiger partial charge in [0.1, 0.15) is 0 Å². The number of nitrogens with zero attached hydrogens (tertiary/aromatic N) is 1. The van der Waals surface area contributed by atoms with Crippen molar-refractivity contribution in [2.24, 2.45) is 0 Å². The van der Waals surface area contributed by atoms with Crippen LogP contribution in [0.15, 0.2) is 22.7 Å². The Balaban J connectivity index is 0.00000112. The van der Waals surface area contributed by atoms with Gasteiger partial charge in [-0.05, 0) is 13.0 Å². The zero-order valence-corrected chi connectivity index (χ0v) is 11.4. The molecule has 74 valence electrons. The Morgan fingerprint density at radius 2 is 1.93 bits per heavy atom. The largest absolute Gasteiger partial charge is 1.00 e. The Morgan fingerprint density at radius 3 is 2.53 bits per heavy atom. The second-order valence-corrected chi connectivity index (χ2v) is 3.10. The van der Waals surface area contributed by atoms with Crippen molar-refractivity contribution in [1.82, 2.24) is 5.16 Å². The topological polar surface area (TPSA) is 26.0 Å². The van der Waals surface area contributed by atoms with Crippen molar-refractivity contribution in [1.29, 1.82) is 0 Å². The maximum atomic E-state index is 12.3. The number of aromatic nitrogens is 1. The standard InChI is InChI=1S/C8H6BF3NO.K/c1-5-7-3-2-6(9(10,11)12)4-8(7)14-13-5;/h2-4H,1H3;/q-1;+1. The van der Waals surface area contributed by atoms with E-state index in [0.717, 1.165) is 12.1 Å². The van der Waals surface area contributed by atoms with Gasteiger partial charge in [-0.25, -0.2) is 0 Å². The van der Waals surface area contributed by atoms with Gasteiger partial charge in [0.05, 0.1) is 5.69 Å². The zero-order valence-electron chi connectivity index (χ0n) is 8.30. The Morgan fingerprint density at radius 1 is 1.27 bits per heavy atom. The summed E-state index contributed by atoms with van der Waals surface area (Å²) in [7, 11) is 0. The fourth-order valence-corrected chi connectivity index (χ4v) is 1.28. The van der Waals surface area contributed by atoms with Crippen molar-refractivity contribution in [3.8, 4) is 0 Å². The maximum absolute atomic E-state index is 12.3. The summed E-state index contributed by atoms with van der Waals surface area (Å²) in [6.45, 7) is -3.28. The average molecular weight is 239 g/mol. The molecule has 1 aromatic carbocycles. The minimum absolute atomic E-state index is 0. The summed E-state index contributed by atoms with van der Waals surface area (Å²) in [5, 5.41) is 4.20. The van der Waals surface area contributed by atoms with Crippen LogP contribution in [0.1, 0.15) is 5.69 Å². The third-order valence-electron chi connectivity index (χ3n) is 2.05. The molecule has 0 unspecified atom stereocenters. The molecule has 0 saturated heterocycles.